The van der Waals surface area contributed by atoms with Crippen LogP contribution in [0.2, 0.25) is 0 Å². The summed E-state index contributed by atoms with van der Waals surface area (Å²) in [6.45, 7) is 1.27. The molecule has 0 aliphatic heterocycles. The zero-order valence-electron chi connectivity index (χ0n) is 16.1. The third kappa shape index (κ3) is 5.27. The van der Waals surface area contributed by atoms with Crippen LogP contribution in [0, 0.1) is 0 Å². The second-order valence-corrected chi connectivity index (χ2v) is 6.77. The molecule has 0 aliphatic carbocycles. The highest BCUT2D eigenvalue weighted by atomic mass is 16.5. The Morgan fingerprint density at radius 1 is 0.724 bits per heavy atom. The summed E-state index contributed by atoms with van der Waals surface area (Å²) >= 11 is 0. The lowest BCUT2D eigenvalue weighted by atomic mass is 10.0. The molecule has 0 saturated heterocycles. The summed E-state index contributed by atoms with van der Waals surface area (Å²) in [6.07, 6.45) is 5.39. The normalized spacial score (nSPS) is 11.7. The van der Waals surface area contributed by atoms with Crippen molar-refractivity contribution in [3.05, 3.63) is 126 Å². The van der Waals surface area contributed by atoms with E-state index in [9.17, 15) is 0 Å². The Hall–Kier alpha value is -3.50. The van der Waals surface area contributed by atoms with Crippen molar-refractivity contribution in [3.8, 4) is 5.75 Å². The van der Waals surface area contributed by atoms with Crippen LogP contribution in [0.4, 0.5) is 0 Å². The molecule has 4 rings (SSSR count). The van der Waals surface area contributed by atoms with Crippen LogP contribution >= 0.6 is 0 Å². The van der Waals surface area contributed by atoms with Gasteiger partial charge >= 0.3 is 0 Å². The number of nitrogens with zero attached hydrogens (tertiary/aromatic N) is 2. The molecule has 2 heterocycles. The number of nitrogens with one attached hydrogen (secondary N) is 1. The molecule has 0 spiro atoms. The van der Waals surface area contributed by atoms with Crippen molar-refractivity contribution < 1.29 is 4.74 Å². The number of hydrogen-bond donors (Lipinski definition) is 1. The Kier molecular flexibility index (Phi) is 6.25. The second kappa shape index (κ2) is 9.62. The van der Waals surface area contributed by atoms with Crippen molar-refractivity contribution in [1.82, 2.24) is 15.3 Å². The van der Waals surface area contributed by atoms with Gasteiger partial charge in [0.1, 0.15) is 12.4 Å². The van der Waals surface area contributed by atoms with Gasteiger partial charge in [-0.25, -0.2) is 0 Å². The maximum Gasteiger partial charge on any atom is 0.119 e. The second-order valence-electron chi connectivity index (χ2n) is 6.77. The van der Waals surface area contributed by atoms with Crippen molar-refractivity contribution in [2.24, 2.45) is 0 Å². The highest BCUT2D eigenvalue weighted by Gasteiger charge is 2.14. The predicted molar refractivity (Wildman–Crippen MR) is 114 cm³/mol. The van der Waals surface area contributed by atoms with Crippen molar-refractivity contribution >= 4 is 0 Å². The Bertz CT molecular complexity index is 951. The topological polar surface area (TPSA) is 47.0 Å². The summed E-state index contributed by atoms with van der Waals surface area (Å²) in [6, 6.07) is 28.6. The molecule has 0 radical (unpaired) electrons. The molecule has 0 saturated carbocycles. The molecule has 1 N–H and O–H groups in total. The molecule has 4 aromatic rings. The average Bonchev–Trinajstić information content (AvgIpc) is 2.81. The van der Waals surface area contributed by atoms with E-state index < -0.39 is 0 Å². The van der Waals surface area contributed by atoms with Crippen LogP contribution in [0.5, 0.6) is 5.75 Å². The Morgan fingerprint density at radius 3 is 2.21 bits per heavy atom. The summed E-state index contributed by atoms with van der Waals surface area (Å²) in [7, 11) is 0. The molecule has 4 heteroatoms. The van der Waals surface area contributed by atoms with Crippen LogP contribution in [-0.4, -0.2) is 9.97 Å². The minimum absolute atomic E-state index is 0.0417. The third-order valence-electron chi connectivity index (χ3n) is 4.70. The molecule has 1 unspecified atom stereocenters. The SMILES string of the molecule is c1ccc(C(NCc2ccc(OCc3ccncc3)cc2)c2ccccn2)cc1. The number of rotatable bonds is 8. The highest BCUT2D eigenvalue weighted by molar-refractivity contribution is 5.30. The van der Waals surface area contributed by atoms with Crippen LogP contribution in [0.3, 0.4) is 0 Å². The van der Waals surface area contributed by atoms with Crippen LogP contribution in [0.15, 0.2) is 104 Å². The van der Waals surface area contributed by atoms with Crippen LogP contribution in [-0.2, 0) is 13.2 Å². The molecule has 2 aromatic carbocycles. The summed E-state index contributed by atoms with van der Waals surface area (Å²) in [5, 5.41) is 3.64. The van der Waals surface area contributed by atoms with E-state index in [1.807, 2.05) is 48.7 Å². The third-order valence-corrected chi connectivity index (χ3v) is 4.70. The first-order valence-corrected chi connectivity index (χ1v) is 9.68. The van der Waals surface area contributed by atoms with E-state index >= 15 is 0 Å². The van der Waals surface area contributed by atoms with E-state index in [4.69, 9.17) is 4.74 Å². The Morgan fingerprint density at radius 2 is 1.48 bits per heavy atom. The van der Waals surface area contributed by atoms with Gasteiger partial charge in [0.05, 0.1) is 11.7 Å². The molecular formula is C25H23N3O. The fourth-order valence-electron chi connectivity index (χ4n) is 3.15. The fourth-order valence-corrected chi connectivity index (χ4v) is 3.15. The summed E-state index contributed by atoms with van der Waals surface area (Å²) < 4.78 is 5.85. The number of ether oxygens (including phenoxy) is 1. The van der Waals surface area contributed by atoms with Gasteiger partial charge in [-0.05, 0) is 53.1 Å². The molecule has 1 atom stereocenters. The largest absolute Gasteiger partial charge is 0.489 e. The van der Waals surface area contributed by atoms with E-state index in [0.717, 1.165) is 23.6 Å². The monoisotopic (exact) mass is 381 g/mol. The summed E-state index contributed by atoms with van der Waals surface area (Å²) in [5.41, 5.74) is 4.50. The first kappa shape index (κ1) is 18.8. The van der Waals surface area contributed by atoms with Gasteiger partial charge in [-0.3, -0.25) is 9.97 Å². The van der Waals surface area contributed by atoms with E-state index in [-0.39, 0.29) is 6.04 Å². The van der Waals surface area contributed by atoms with E-state index in [0.29, 0.717) is 6.61 Å². The first-order chi connectivity index (χ1) is 14.4. The first-order valence-electron chi connectivity index (χ1n) is 9.68. The average molecular weight is 381 g/mol. The summed E-state index contributed by atoms with van der Waals surface area (Å²) in [5.74, 6) is 0.856. The van der Waals surface area contributed by atoms with E-state index in [1.165, 1.54) is 11.1 Å². The summed E-state index contributed by atoms with van der Waals surface area (Å²) in [4.78, 5) is 8.57. The molecule has 4 nitrogen and oxygen atoms in total. The van der Waals surface area contributed by atoms with Gasteiger partial charge in [0.15, 0.2) is 0 Å². The minimum atomic E-state index is 0.0417. The standard InChI is InChI=1S/C25H23N3O/c1-2-6-22(7-3-1)25(24-8-4-5-15-27-24)28-18-20-9-11-23(12-10-20)29-19-21-13-16-26-17-14-21/h1-17,25,28H,18-19H2. The molecule has 0 amide bonds. The van der Waals surface area contributed by atoms with Crippen LogP contribution in [0.1, 0.15) is 28.4 Å². The number of hydrogen-bond acceptors (Lipinski definition) is 4. The lowest BCUT2D eigenvalue weighted by Crippen LogP contribution is -2.22. The Labute approximate surface area is 171 Å². The molecule has 0 fully saturated rings. The minimum Gasteiger partial charge on any atom is -0.489 e. The van der Waals surface area contributed by atoms with Crippen LogP contribution in [0.25, 0.3) is 0 Å². The van der Waals surface area contributed by atoms with Crippen LogP contribution < -0.4 is 10.1 Å². The maximum atomic E-state index is 5.85. The van der Waals surface area contributed by atoms with Gasteiger partial charge in [-0.1, -0.05) is 48.5 Å². The maximum absolute atomic E-state index is 5.85. The zero-order chi connectivity index (χ0) is 19.7. The van der Waals surface area contributed by atoms with Gasteiger partial charge in [0.25, 0.3) is 0 Å². The van der Waals surface area contributed by atoms with E-state index in [2.05, 4.69) is 57.7 Å². The molecule has 0 aliphatic rings. The molecule has 0 bridgehead atoms. The van der Waals surface area contributed by atoms with Gasteiger partial charge in [-0.15, -0.1) is 0 Å². The van der Waals surface area contributed by atoms with Gasteiger partial charge in [0.2, 0.25) is 0 Å². The van der Waals surface area contributed by atoms with E-state index in [1.54, 1.807) is 12.4 Å². The van der Waals surface area contributed by atoms with Gasteiger partial charge < -0.3 is 10.1 Å². The number of benzene rings is 2. The molecule has 144 valence electrons. The molecule has 2 aromatic heterocycles. The van der Waals surface area contributed by atoms with Gasteiger partial charge in [-0.2, -0.15) is 0 Å². The molecule has 29 heavy (non-hydrogen) atoms. The lowest BCUT2D eigenvalue weighted by molar-refractivity contribution is 0.306. The van der Waals surface area contributed by atoms with Gasteiger partial charge in [0, 0.05) is 25.1 Å². The quantitative estimate of drug-likeness (QED) is 0.470. The van der Waals surface area contributed by atoms with Crippen molar-refractivity contribution in [3.63, 3.8) is 0 Å². The zero-order valence-corrected chi connectivity index (χ0v) is 16.1. The Balaban J connectivity index is 1.40. The van der Waals surface area contributed by atoms with Crippen molar-refractivity contribution in [1.29, 1.82) is 0 Å². The molecular weight excluding hydrogens is 358 g/mol. The van der Waals surface area contributed by atoms with Crippen molar-refractivity contribution in [2.75, 3.05) is 0 Å². The smallest absolute Gasteiger partial charge is 0.119 e. The predicted octanol–water partition coefficient (Wildman–Crippen LogP) is 4.93. The fraction of sp³-hybridized carbons (Fsp3) is 0.120. The van der Waals surface area contributed by atoms with Crippen molar-refractivity contribution in [2.45, 2.75) is 19.2 Å². The number of aromatic nitrogens is 2. The number of pyridine rings is 2. The highest BCUT2D eigenvalue weighted by Crippen LogP contribution is 2.21. The lowest BCUT2D eigenvalue weighted by Gasteiger charge is -2.19.